The van der Waals surface area contributed by atoms with Crippen LogP contribution in [-0.4, -0.2) is 37.0 Å². The maximum atomic E-state index is 12.3. The van der Waals surface area contributed by atoms with Crippen LogP contribution in [0.1, 0.15) is 12.6 Å². The minimum Gasteiger partial charge on any atom is -0.368 e. The quantitative estimate of drug-likeness (QED) is 0.588. The molecule has 0 saturated carbocycles. The van der Waals surface area contributed by atoms with Crippen LogP contribution in [0.15, 0.2) is 33.3 Å². The molecule has 1 atom stereocenters. The van der Waals surface area contributed by atoms with E-state index in [0.29, 0.717) is 16.7 Å². The molecule has 3 rings (SSSR count). The smallest absolute Gasteiger partial charge is 0.240 e. The zero-order valence-electron chi connectivity index (χ0n) is 14.0. The van der Waals surface area contributed by atoms with Crippen LogP contribution in [0.25, 0.3) is 10.7 Å². The Morgan fingerprint density at radius 2 is 2.27 bits per heavy atom. The Labute approximate surface area is 157 Å². The lowest BCUT2D eigenvalue weighted by Crippen LogP contribution is -2.24. The van der Waals surface area contributed by atoms with Gasteiger partial charge in [-0.15, -0.1) is 21.5 Å². The number of aromatic nitrogens is 4. The van der Waals surface area contributed by atoms with Gasteiger partial charge in [0.25, 0.3) is 0 Å². The molecule has 11 heteroatoms. The molecular weight excluding hydrogens is 376 g/mol. The van der Waals surface area contributed by atoms with Gasteiger partial charge in [0.2, 0.25) is 17.7 Å². The predicted octanol–water partition coefficient (Wildman–Crippen LogP) is 1.91. The van der Waals surface area contributed by atoms with Gasteiger partial charge < -0.3 is 10.3 Å². The monoisotopic (exact) mass is 392 g/mol. The number of carbonyl (C=O) groups is 2. The summed E-state index contributed by atoms with van der Waals surface area (Å²) in [5.41, 5.74) is 6.02. The average Bonchev–Trinajstić information content (AvgIpc) is 3.30. The molecule has 26 heavy (non-hydrogen) atoms. The van der Waals surface area contributed by atoms with E-state index in [1.807, 2.05) is 17.5 Å². The number of amides is 2. The zero-order chi connectivity index (χ0) is 18.7. The topological polar surface area (TPSA) is 129 Å². The van der Waals surface area contributed by atoms with E-state index in [2.05, 4.69) is 20.7 Å². The van der Waals surface area contributed by atoms with Crippen LogP contribution < -0.4 is 11.1 Å². The third-order valence-electron chi connectivity index (χ3n) is 3.30. The van der Waals surface area contributed by atoms with Gasteiger partial charge in [-0.05, 0) is 25.3 Å². The molecule has 0 fully saturated rings. The van der Waals surface area contributed by atoms with Gasteiger partial charge >= 0.3 is 0 Å². The molecule has 2 amide bonds. The van der Waals surface area contributed by atoms with Crippen molar-refractivity contribution in [3.8, 4) is 10.7 Å². The predicted molar refractivity (Wildman–Crippen MR) is 97.7 cm³/mol. The largest absolute Gasteiger partial charge is 0.368 e. The summed E-state index contributed by atoms with van der Waals surface area (Å²) in [5, 5.41) is 16.5. The molecule has 0 aliphatic carbocycles. The molecular formula is C15H16N6O3S2. The number of primary amides is 1. The van der Waals surface area contributed by atoms with Crippen LogP contribution in [0, 0.1) is 6.92 Å². The Kier molecular flexibility index (Phi) is 5.38. The molecule has 3 aromatic rings. The van der Waals surface area contributed by atoms with Gasteiger partial charge in [0.15, 0.2) is 11.0 Å². The third-order valence-corrected chi connectivity index (χ3v) is 5.24. The second-order valence-electron chi connectivity index (χ2n) is 5.42. The van der Waals surface area contributed by atoms with Crippen molar-refractivity contribution in [2.45, 2.75) is 30.8 Å². The number of hydrogen-bond donors (Lipinski definition) is 2. The van der Waals surface area contributed by atoms with E-state index in [-0.39, 0.29) is 18.3 Å². The fourth-order valence-corrected chi connectivity index (χ4v) is 3.69. The van der Waals surface area contributed by atoms with Crippen LogP contribution in [0.4, 0.5) is 5.88 Å². The Bertz CT molecular complexity index is 918. The standard InChI is InChI=1S/C15H16N6O3S2/c1-8-6-12(24-20-8)17-14(23)9(2)26-15-19-18-13(10-4-3-5-25-10)21(15)7-11(16)22/h3-6,9H,7H2,1-2H3,(H2,16,22)(H,17,23)/t9-/m1/s1. The van der Waals surface area contributed by atoms with Gasteiger partial charge in [0, 0.05) is 6.07 Å². The summed E-state index contributed by atoms with van der Waals surface area (Å²) >= 11 is 2.65. The van der Waals surface area contributed by atoms with Crippen molar-refractivity contribution in [1.82, 2.24) is 19.9 Å². The van der Waals surface area contributed by atoms with Gasteiger partial charge in [-0.25, -0.2) is 0 Å². The van der Waals surface area contributed by atoms with Crippen molar-refractivity contribution >= 4 is 40.8 Å². The summed E-state index contributed by atoms with van der Waals surface area (Å²) in [6.45, 7) is 3.41. The van der Waals surface area contributed by atoms with Crippen molar-refractivity contribution < 1.29 is 14.1 Å². The molecule has 0 aliphatic heterocycles. The molecule has 0 aromatic carbocycles. The normalized spacial score (nSPS) is 12.1. The molecule has 0 unspecified atom stereocenters. The van der Waals surface area contributed by atoms with E-state index in [0.717, 1.165) is 4.88 Å². The lowest BCUT2D eigenvalue weighted by atomic mass is 10.4. The molecule has 3 heterocycles. The highest BCUT2D eigenvalue weighted by atomic mass is 32.2. The SMILES string of the molecule is Cc1cc(NC(=O)[C@@H](C)Sc2nnc(-c3cccs3)n2CC(N)=O)on1. The third kappa shape index (κ3) is 4.11. The van der Waals surface area contributed by atoms with Gasteiger partial charge in [-0.1, -0.05) is 23.0 Å². The Hall–Kier alpha value is -2.66. The number of nitrogens with zero attached hydrogens (tertiary/aromatic N) is 4. The zero-order valence-corrected chi connectivity index (χ0v) is 15.6. The van der Waals surface area contributed by atoms with E-state index in [1.165, 1.54) is 23.1 Å². The van der Waals surface area contributed by atoms with Crippen LogP contribution in [0.3, 0.4) is 0 Å². The van der Waals surface area contributed by atoms with Crippen molar-refractivity contribution in [1.29, 1.82) is 0 Å². The second-order valence-corrected chi connectivity index (χ2v) is 7.67. The fourth-order valence-electron chi connectivity index (χ4n) is 2.12. The van der Waals surface area contributed by atoms with Crippen molar-refractivity contribution in [2.24, 2.45) is 5.73 Å². The average molecular weight is 392 g/mol. The summed E-state index contributed by atoms with van der Waals surface area (Å²) < 4.78 is 6.59. The maximum absolute atomic E-state index is 12.3. The molecule has 0 radical (unpaired) electrons. The van der Waals surface area contributed by atoms with Gasteiger partial charge in [-0.3, -0.25) is 19.5 Å². The molecule has 0 aliphatic rings. The molecule has 0 spiro atoms. The number of aryl methyl sites for hydroxylation is 1. The number of thioether (sulfide) groups is 1. The Balaban J connectivity index is 1.77. The van der Waals surface area contributed by atoms with E-state index in [1.54, 1.807) is 24.5 Å². The highest BCUT2D eigenvalue weighted by molar-refractivity contribution is 8.00. The summed E-state index contributed by atoms with van der Waals surface area (Å²) in [4.78, 5) is 24.6. The van der Waals surface area contributed by atoms with E-state index in [9.17, 15) is 9.59 Å². The van der Waals surface area contributed by atoms with Crippen molar-refractivity contribution in [3.05, 3.63) is 29.3 Å². The van der Waals surface area contributed by atoms with Crippen LogP contribution in [0.2, 0.25) is 0 Å². The minimum atomic E-state index is -0.515. The van der Waals surface area contributed by atoms with Crippen molar-refractivity contribution in [3.63, 3.8) is 0 Å². The first-order chi connectivity index (χ1) is 12.4. The summed E-state index contributed by atoms with van der Waals surface area (Å²) in [6.07, 6.45) is 0. The number of nitrogens with two attached hydrogens (primary N) is 1. The summed E-state index contributed by atoms with van der Waals surface area (Å²) in [6, 6.07) is 5.38. The van der Waals surface area contributed by atoms with E-state index in [4.69, 9.17) is 10.3 Å². The number of hydrogen-bond acceptors (Lipinski definition) is 8. The molecule has 0 saturated heterocycles. The highest BCUT2D eigenvalue weighted by Crippen LogP contribution is 2.29. The minimum absolute atomic E-state index is 0.0712. The maximum Gasteiger partial charge on any atom is 0.240 e. The lowest BCUT2D eigenvalue weighted by Gasteiger charge is -2.11. The first kappa shape index (κ1) is 18.1. The van der Waals surface area contributed by atoms with Gasteiger partial charge in [0.05, 0.1) is 15.8 Å². The first-order valence-electron chi connectivity index (χ1n) is 7.60. The molecule has 136 valence electrons. The Morgan fingerprint density at radius 3 is 2.88 bits per heavy atom. The van der Waals surface area contributed by atoms with Gasteiger partial charge in [-0.2, -0.15) is 0 Å². The number of carbonyl (C=O) groups excluding carboxylic acids is 2. The first-order valence-corrected chi connectivity index (χ1v) is 9.36. The van der Waals surface area contributed by atoms with Crippen molar-refractivity contribution in [2.75, 3.05) is 5.32 Å². The fraction of sp³-hybridized carbons (Fsp3) is 0.267. The van der Waals surface area contributed by atoms with E-state index < -0.39 is 11.2 Å². The van der Waals surface area contributed by atoms with Crippen LogP contribution in [0.5, 0.6) is 0 Å². The Morgan fingerprint density at radius 1 is 1.46 bits per heavy atom. The summed E-state index contributed by atoms with van der Waals surface area (Å²) in [7, 11) is 0. The van der Waals surface area contributed by atoms with Crippen LogP contribution >= 0.6 is 23.1 Å². The lowest BCUT2D eigenvalue weighted by molar-refractivity contribution is -0.118. The number of thiophene rings is 1. The number of anilines is 1. The van der Waals surface area contributed by atoms with Gasteiger partial charge in [0.1, 0.15) is 6.54 Å². The molecule has 9 nitrogen and oxygen atoms in total. The molecule has 3 aromatic heterocycles. The number of rotatable bonds is 7. The highest BCUT2D eigenvalue weighted by Gasteiger charge is 2.22. The summed E-state index contributed by atoms with van der Waals surface area (Å²) in [5.74, 6) is 0.0220. The van der Waals surface area contributed by atoms with Crippen LogP contribution in [-0.2, 0) is 16.1 Å². The number of nitrogens with one attached hydrogen (secondary N) is 1. The second kappa shape index (κ2) is 7.70. The van der Waals surface area contributed by atoms with E-state index >= 15 is 0 Å². The molecule has 3 N–H and O–H groups in total. The molecule has 0 bridgehead atoms.